The Bertz CT molecular complexity index is 439. The molecule has 112 valence electrons. The molecule has 0 aromatic carbocycles. The van der Waals surface area contributed by atoms with Gasteiger partial charge in [-0.15, -0.1) is 0 Å². The highest BCUT2D eigenvalue weighted by molar-refractivity contribution is 5.18. The van der Waals surface area contributed by atoms with Crippen molar-refractivity contribution >= 4 is 0 Å². The number of hydrogen-bond acceptors (Lipinski definition) is 3. The van der Waals surface area contributed by atoms with Crippen molar-refractivity contribution in [2.75, 3.05) is 6.54 Å². The minimum atomic E-state index is 0.744. The van der Waals surface area contributed by atoms with Gasteiger partial charge in [0.05, 0.1) is 5.69 Å². The lowest BCUT2D eigenvalue weighted by atomic mass is 9.96. The van der Waals surface area contributed by atoms with Crippen LogP contribution < -0.4 is 5.32 Å². The maximum Gasteiger partial charge on any atom is 0.0666 e. The van der Waals surface area contributed by atoms with E-state index < -0.39 is 0 Å². The van der Waals surface area contributed by atoms with E-state index in [1.54, 1.807) is 0 Å². The number of hydrogen-bond donors (Lipinski definition) is 1. The van der Waals surface area contributed by atoms with E-state index in [2.05, 4.69) is 35.4 Å². The molecule has 1 aromatic heterocycles. The molecule has 2 aliphatic rings. The van der Waals surface area contributed by atoms with Crippen molar-refractivity contribution in [1.82, 2.24) is 20.0 Å². The van der Waals surface area contributed by atoms with Crippen LogP contribution in [0.15, 0.2) is 6.20 Å². The van der Waals surface area contributed by atoms with E-state index in [-0.39, 0.29) is 0 Å². The Labute approximate surface area is 122 Å². The lowest BCUT2D eigenvalue weighted by molar-refractivity contribution is 0.109. The van der Waals surface area contributed by atoms with Crippen LogP contribution in [0.3, 0.4) is 0 Å². The molecule has 2 aliphatic heterocycles. The van der Waals surface area contributed by atoms with Gasteiger partial charge in [-0.25, -0.2) is 0 Å². The molecule has 3 rings (SSSR count). The fourth-order valence-corrected chi connectivity index (χ4v) is 4.20. The average molecular weight is 276 g/mol. The van der Waals surface area contributed by atoms with Crippen molar-refractivity contribution in [3.8, 4) is 0 Å². The zero-order valence-electron chi connectivity index (χ0n) is 13.1. The summed E-state index contributed by atoms with van der Waals surface area (Å²) in [6.45, 7) is 6.63. The molecule has 4 heteroatoms. The third-order valence-corrected chi connectivity index (χ3v) is 5.06. The van der Waals surface area contributed by atoms with Gasteiger partial charge in [-0.1, -0.05) is 13.8 Å². The van der Waals surface area contributed by atoms with E-state index in [1.807, 2.05) is 11.7 Å². The van der Waals surface area contributed by atoms with Crippen LogP contribution in [0.5, 0.6) is 0 Å². The normalized spacial score (nSPS) is 30.1. The van der Waals surface area contributed by atoms with Crippen molar-refractivity contribution in [2.24, 2.45) is 7.05 Å². The molecular formula is C16H28N4. The first-order chi connectivity index (χ1) is 9.71. The van der Waals surface area contributed by atoms with Gasteiger partial charge >= 0.3 is 0 Å². The second kappa shape index (κ2) is 5.86. The molecule has 0 spiro atoms. The second-order valence-electron chi connectivity index (χ2n) is 6.41. The van der Waals surface area contributed by atoms with Gasteiger partial charge in [0.15, 0.2) is 0 Å². The molecule has 3 heterocycles. The first-order valence-corrected chi connectivity index (χ1v) is 8.21. The number of nitrogens with one attached hydrogen (secondary N) is 1. The van der Waals surface area contributed by atoms with E-state index in [1.165, 1.54) is 36.9 Å². The summed E-state index contributed by atoms with van der Waals surface area (Å²) in [5.74, 6) is 0. The van der Waals surface area contributed by atoms with E-state index in [0.29, 0.717) is 0 Å². The van der Waals surface area contributed by atoms with E-state index in [9.17, 15) is 0 Å². The van der Waals surface area contributed by atoms with Crippen molar-refractivity contribution < 1.29 is 0 Å². The van der Waals surface area contributed by atoms with Gasteiger partial charge in [-0.05, 0) is 38.6 Å². The van der Waals surface area contributed by atoms with Gasteiger partial charge in [-0.3, -0.25) is 9.58 Å². The Balaban J connectivity index is 1.70. The first kappa shape index (κ1) is 14.1. The van der Waals surface area contributed by atoms with Crippen LogP contribution >= 0.6 is 0 Å². The molecule has 2 atom stereocenters. The molecule has 0 saturated carbocycles. The van der Waals surface area contributed by atoms with Crippen LogP contribution in [0, 0.1) is 0 Å². The highest BCUT2D eigenvalue weighted by Crippen LogP contribution is 2.37. The van der Waals surface area contributed by atoms with Gasteiger partial charge in [0, 0.05) is 43.5 Å². The fraction of sp³-hybridized carbons (Fsp3) is 0.812. The third-order valence-electron chi connectivity index (χ3n) is 5.06. The van der Waals surface area contributed by atoms with E-state index in [0.717, 1.165) is 37.6 Å². The Morgan fingerprint density at radius 1 is 1.25 bits per heavy atom. The summed E-state index contributed by atoms with van der Waals surface area (Å²) in [7, 11) is 2.04. The molecule has 2 unspecified atom stereocenters. The summed E-state index contributed by atoms with van der Waals surface area (Å²) in [5.41, 5.74) is 2.72. The van der Waals surface area contributed by atoms with Crippen LogP contribution in [0.4, 0.5) is 0 Å². The highest BCUT2D eigenvalue weighted by atomic mass is 15.3. The Morgan fingerprint density at radius 3 is 2.55 bits per heavy atom. The number of aryl methyl sites for hydroxylation is 2. The molecule has 1 N–H and O–H groups in total. The molecule has 4 nitrogen and oxygen atoms in total. The topological polar surface area (TPSA) is 33.1 Å². The average Bonchev–Trinajstić information content (AvgIpc) is 2.88. The Kier molecular flexibility index (Phi) is 4.13. The minimum Gasteiger partial charge on any atom is -0.314 e. The van der Waals surface area contributed by atoms with Crippen molar-refractivity contribution in [2.45, 2.75) is 70.6 Å². The Morgan fingerprint density at radius 2 is 1.95 bits per heavy atom. The van der Waals surface area contributed by atoms with Crippen LogP contribution in [-0.4, -0.2) is 39.4 Å². The lowest BCUT2D eigenvalue weighted by Crippen LogP contribution is -2.48. The van der Waals surface area contributed by atoms with Gasteiger partial charge in [-0.2, -0.15) is 5.10 Å². The molecular weight excluding hydrogens is 248 g/mol. The maximum absolute atomic E-state index is 4.59. The first-order valence-electron chi connectivity index (χ1n) is 8.21. The molecule has 2 bridgehead atoms. The summed E-state index contributed by atoms with van der Waals surface area (Å²) in [5, 5.41) is 8.24. The third kappa shape index (κ3) is 2.63. The van der Waals surface area contributed by atoms with Gasteiger partial charge < -0.3 is 5.32 Å². The molecule has 1 aromatic rings. The zero-order valence-corrected chi connectivity index (χ0v) is 13.1. The predicted molar refractivity (Wildman–Crippen MR) is 81.6 cm³/mol. The smallest absolute Gasteiger partial charge is 0.0666 e. The number of aromatic nitrogens is 2. The molecule has 2 saturated heterocycles. The monoisotopic (exact) mass is 276 g/mol. The van der Waals surface area contributed by atoms with Crippen LogP contribution in [0.1, 0.15) is 50.8 Å². The summed E-state index contributed by atoms with van der Waals surface area (Å²) in [6, 6.07) is 2.30. The Hall–Kier alpha value is -0.870. The largest absolute Gasteiger partial charge is 0.314 e. The van der Waals surface area contributed by atoms with E-state index >= 15 is 0 Å². The fourth-order valence-electron chi connectivity index (χ4n) is 4.20. The summed E-state index contributed by atoms with van der Waals surface area (Å²) >= 11 is 0. The SMILES string of the molecule is CCNC1CC2CCC(C1)N2Cc1cn(C)nc1CC. The van der Waals surface area contributed by atoms with Gasteiger partial charge in [0.2, 0.25) is 0 Å². The number of nitrogens with zero attached hydrogens (tertiary/aromatic N) is 3. The quantitative estimate of drug-likeness (QED) is 0.894. The second-order valence-corrected chi connectivity index (χ2v) is 6.41. The summed E-state index contributed by atoms with van der Waals surface area (Å²) in [6.07, 6.45) is 8.68. The number of rotatable bonds is 5. The predicted octanol–water partition coefficient (Wildman–Crippen LogP) is 2.09. The lowest BCUT2D eigenvalue weighted by Gasteiger charge is -2.39. The van der Waals surface area contributed by atoms with Crippen molar-refractivity contribution in [3.63, 3.8) is 0 Å². The van der Waals surface area contributed by atoms with Gasteiger partial charge in [0.25, 0.3) is 0 Å². The van der Waals surface area contributed by atoms with E-state index in [4.69, 9.17) is 0 Å². The standard InChI is InChI=1S/C16H28N4/c1-4-16-12(10-19(3)18-16)11-20-14-6-7-15(20)9-13(8-14)17-5-2/h10,13-15,17H,4-9,11H2,1-3H3. The maximum atomic E-state index is 4.59. The van der Waals surface area contributed by atoms with Crippen LogP contribution in [-0.2, 0) is 20.0 Å². The summed E-state index contributed by atoms with van der Waals surface area (Å²) < 4.78 is 1.97. The molecule has 20 heavy (non-hydrogen) atoms. The van der Waals surface area contributed by atoms with Crippen LogP contribution in [0.2, 0.25) is 0 Å². The molecule has 0 radical (unpaired) electrons. The number of piperidine rings is 1. The zero-order chi connectivity index (χ0) is 14.1. The molecule has 2 fully saturated rings. The number of fused-ring (bicyclic) bond motifs is 2. The minimum absolute atomic E-state index is 0.744. The molecule has 0 amide bonds. The highest BCUT2D eigenvalue weighted by Gasteiger charge is 2.40. The summed E-state index contributed by atoms with van der Waals surface area (Å²) in [4.78, 5) is 2.75. The van der Waals surface area contributed by atoms with Crippen molar-refractivity contribution in [3.05, 3.63) is 17.5 Å². The van der Waals surface area contributed by atoms with Gasteiger partial charge in [0.1, 0.15) is 0 Å². The molecule has 0 aliphatic carbocycles. The van der Waals surface area contributed by atoms with Crippen LogP contribution in [0.25, 0.3) is 0 Å². The van der Waals surface area contributed by atoms with Crippen molar-refractivity contribution in [1.29, 1.82) is 0 Å².